The van der Waals surface area contributed by atoms with E-state index in [1.807, 2.05) is 18.2 Å². The second-order valence-corrected chi connectivity index (χ2v) is 9.64. The molecule has 0 radical (unpaired) electrons. The zero-order chi connectivity index (χ0) is 22.8. The zero-order valence-corrected chi connectivity index (χ0v) is 19.3. The molecule has 2 aromatic carbocycles. The Bertz CT molecular complexity index is 1100. The largest absolute Gasteiger partial charge is 0.350 e. The first kappa shape index (κ1) is 23.2. The molecule has 0 aromatic heterocycles. The van der Waals surface area contributed by atoms with Crippen molar-refractivity contribution < 1.29 is 18.0 Å². The Morgan fingerprint density at radius 3 is 2.45 bits per heavy atom. The molecule has 0 unspecified atom stereocenters. The lowest BCUT2D eigenvalue weighted by atomic mass is 10.1. The summed E-state index contributed by atoms with van der Waals surface area (Å²) < 4.78 is 27.1. The fraction of sp³-hybridized carbons (Fsp3) is 0.364. The maximum absolute atomic E-state index is 12.9. The minimum Gasteiger partial charge on any atom is -0.350 e. The summed E-state index contributed by atoms with van der Waals surface area (Å²) in [4.78, 5) is 26.8. The van der Waals surface area contributed by atoms with E-state index in [1.165, 1.54) is 22.2 Å². The van der Waals surface area contributed by atoms with Crippen molar-refractivity contribution in [3.8, 4) is 0 Å². The number of nitrogens with zero attached hydrogens (tertiary/aromatic N) is 2. The molecule has 0 spiro atoms. The number of anilines is 1. The van der Waals surface area contributed by atoms with Crippen LogP contribution in [-0.4, -0.2) is 43.7 Å². The topological polar surface area (TPSA) is 86.8 Å². The third-order valence-corrected chi connectivity index (χ3v) is 7.85. The summed E-state index contributed by atoms with van der Waals surface area (Å²) in [6.45, 7) is 5.92. The highest BCUT2D eigenvalue weighted by molar-refractivity contribution is 7.89. The van der Waals surface area contributed by atoms with Gasteiger partial charge in [-0.05, 0) is 35.4 Å². The minimum absolute atomic E-state index is 0.163. The quantitative estimate of drug-likeness (QED) is 0.683. The van der Waals surface area contributed by atoms with Gasteiger partial charge in [-0.3, -0.25) is 14.5 Å². The van der Waals surface area contributed by atoms with E-state index in [2.05, 4.69) is 5.32 Å². The molecule has 31 heavy (non-hydrogen) atoms. The van der Waals surface area contributed by atoms with Gasteiger partial charge >= 0.3 is 0 Å². The van der Waals surface area contributed by atoms with Crippen molar-refractivity contribution in [2.75, 3.05) is 18.0 Å². The van der Waals surface area contributed by atoms with E-state index in [9.17, 15) is 18.0 Å². The van der Waals surface area contributed by atoms with Gasteiger partial charge in [0.2, 0.25) is 21.8 Å². The second-order valence-electron chi connectivity index (χ2n) is 7.30. The molecule has 0 saturated heterocycles. The van der Waals surface area contributed by atoms with Gasteiger partial charge in [-0.2, -0.15) is 4.31 Å². The smallest absolute Gasteiger partial charge is 0.243 e. The van der Waals surface area contributed by atoms with E-state index in [0.29, 0.717) is 29.4 Å². The molecule has 1 atom stereocenters. The summed E-state index contributed by atoms with van der Waals surface area (Å²) in [6, 6.07) is 11.1. The van der Waals surface area contributed by atoms with Crippen LogP contribution in [0.2, 0.25) is 5.02 Å². The summed E-state index contributed by atoms with van der Waals surface area (Å²) in [5.74, 6) is -0.601. The first-order valence-corrected chi connectivity index (χ1v) is 12.0. The Hall–Kier alpha value is -2.42. The van der Waals surface area contributed by atoms with Crippen molar-refractivity contribution in [3.63, 3.8) is 0 Å². The van der Waals surface area contributed by atoms with Gasteiger partial charge in [0, 0.05) is 43.7 Å². The molecule has 2 aromatic rings. The molecule has 1 N–H and O–H groups in total. The number of carbonyl (C=O) groups is 2. The van der Waals surface area contributed by atoms with E-state index in [4.69, 9.17) is 11.6 Å². The normalized spacial score (nSPS) is 15.8. The zero-order valence-electron chi connectivity index (χ0n) is 17.8. The highest BCUT2D eigenvalue weighted by atomic mass is 35.5. The number of amides is 2. The number of sulfonamides is 1. The van der Waals surface area contributed by atoms with Crippen LogP contribution in [0.25, 0.3) is 0 Å². The van der Waals surface area contributed by atoms with Crippen LogP contribution in [0.5, 0.6) is 0 Å². The summed E-state index contributed by atoms with van der Waals surface area (Å²) in [7, 11) is -3.63. The van der Waals surface area contributed by atoms with Crippen molar-refractivity contribution in [1.82, 2.24) is 9.62 Å². The van der Waals surface area contributed by atoms with Gasteiger partial charge in [-0.25, -0.2) is 8.42 Å². The van der Waals surface area contributed by atoms with E-state index in [1.54, 1.807) is 32.0 Å². The number of hydrogen-bond donors (Lipinski definition) is 1. The van der Waals surface area contributed by atoms with Crippen molar-refractivity contribution in [3.05, 3.63) is 58.6 Å². The van der Waals surface area contributed by atoms with Crippen LogP contribution < -0.4 is 10.2 Å². The van der Waals surface area contributed by atoms with Crippen molar-refractivity contribution in [2.45, 2.75) is 44.7 Å². The van der Waals surface area contributed by atoms with Crippen molar-refractivity contribution >= 4 is 39.1 Å². The maximum Gasteiger partial charge on any atom is 0.243 e. The molecule has 1 aliphatic heterocycles. The molecule has 1 aliphatic rings. The third kappa shape index (κ3) is 4.61. The van der Waals surface area contributed by atoms with Crippen LogP contribution >= 0.6 is 11.6 Å². The Balaban J connectivity index is 1.85. The molecule has 0 saturated carbocycles. The molecular weight excluding hydrogens is 438 g/mol. The molecule has 0 aliphatic carbocycles. The third-order valence-electron chi connectivity index (χ3n) is 5.43. The fourth-order valence-electron chi connectivity index (χ4n) is 3.84. The first-order valence-electron chi connectivity index (χ1n) is 10.1. The Kier molecular flexibility index (Phi) is 7.03. The lowest BCUT2D eigenvalue weighted by Crippen LogP contribution is -2.47. The molecule has 166 valence electrons. The van der Waals surface area contributed by atoms with E-state index in [-0.39, 0.29) is 29.7 Å². The second kappa shape index (κ2) is 9.38. The van der Waals surface area contributed by atoms with Gasteiger partial charge in [0.15, 0.2) is 0 Å². The van der Waals surface area contributed by atoms with Gasteiger partial charge in [-0.1, -0.05) is 43.6 Å². The van der Waals surface area contributed by atoms with E-state index < -0.39 is 16.1 Å². The number of halogens is 1. The maximum atomic E-state index is 12.9. The molecular formula is C22H26ClN3O4S. The van der Waals surface area contributed by atoms with Crippen LogP contribution in [0.4, 0.5) is 5.69 Å². The lowest BCUT2D eigenvalue weighted by Gasteiger charge is -2.23. The summed E-state index contributed by atoms with van der Waals surface area (Å²) >= 11 is 6.15. The lowest BCUT2D eigenvalue weighted by molar-refractivity contribution is -0.125. The van der Waals surface area contributed by atoms with Gasteiger partial charge in [0.05, 0.1) is 4.90 Å². The fourth-order valence-corrected chi connectivity index (χ4v) is 5.55. The number of rotatable bonds is 7. The number of carbonyl (C=O) groups excluding carboxylic acids is 2. The van der Waals surface area contributed by atoms with Crippen LogP contribution in [0.1, 0.15) is 31.9 Å². The number of hydrogen-bond acceptors (Lipinski definition) is 4. The Morgan fingerprint density at radius 1 is 1.16 bits per heavy atom. The average Bonchev–Trinajstić information content (AvgIpc) is 3.13. The van der Waals surface area contributed by atoms with E-state index in [0.717, 1.165) is 5.56 Å². The van der Waals surface area contributed by atoms with Gasteiger partial charge < -0.3 is 5.32 Å². The van der Waals surface area contributed by atoms with Gasteiger partial charge in [0.25, 0.3) is 0 Å². The highest BCUT2D eigenvalue weighted by Gasteiger charge is 2.38. The summed E-state index contributed by atoms with van der Waals surface area (Å²) in [5.41, 5.74) is 1.99. The Morgan fingerprint density at radius 2 is 1.84 bits per heavy atom. The van der Waals surface area contributed by atoms with Crippen LogP contribution in [0.3, 0.4) is 0 Å². The molecule has 7 nitrogen and oxygen atoms in total. The average molecular weight is 464 g/mol. The van der Waals surface area contributed by atoms with Crippen LogP contribution in [-0.2, 0) is 32.6 Å². The Labute approximate surface area is 188 Å². The van der Waals surface area contributed by atoms with Crippen molar-refractivity contribution in [1.29, 1.82) is 0 Å². The molecule has 1 heterocycles. The molecule has 0 fully saturated rings. The standard InChI is InChI=1S/C22H26ClN3O4S/c1-4-25(5-2)31(29,30)18-10-11-20-17(12-18)13-21(26(20)15(3)27)22(28)24-14-16-8-6-7-9-19(16)23/h6-12,21H,4-5,13-14H2,1-3H3,(H,24,28)/t21-/m0/s1. The summed E-state index contributed by atoms with van der Waals surface area (Å²) in [6.07, 6.45) is 0.241. The predicted octanol–water partition coefficient (Wildman–Crippen LogP) is 2.96. The van der Waals surface area contributed by atoms with Crippen molar-refractivity contribution in [2.24, 2.45) is 0 Å². The molecule has 3 rings (SSSR count). The predicted molar refractivity (Wildman–Crippen MR) is 120 cm³/mol. The number of benzene rings is 2. The van der Waals surface area contributed by atoms with Crippen LogP contribution in [0, 0.1) is 0 Å². The number of fused-ring (bicyclic) bond motifs is 1. The first-order chi connectivity index (χ1) is 14.7. The highest BCUT2D eigenvalue weighted by Crippen LogP contribution is 2.35. The van der Waals surface area contributed by atoms with E-state index >= 15 is 0 Å². The van der Waals surface area contributed by atoms with Gasteiger partial charge in [-0.15, -0.1) is 0 Å². The monoisotopic (exact) mass is 463 g/mol. The molecule has 9 heteroatoms. The summed E-state index contributed by atoms with van der Waals surface area (Å²) in [5, 5.41) is 3.39. The molecule has 0 bridgehead atoms. The number of nitrogens with one attached hydrogen (secondary N) is 1. The minimum atomic E-state index is -3.63. The van der Waals surface area contributed by atoms with Crippen LogP contribution in [0.15, 0.2) is 47.4 Å². The molecule has 2 amide bonds. The SMILES string of the molecule is CCN(CC)S(=O)(=O)c1ccc2c(c1)C[C@@H](C(=O)NCc1ccccc1Cl)N2C(C)=O. The van der Waals surface area contributed by atoms with Gasteiger partial charge in [0.1, 0.15) is 6.04 Å².